The molecule has 2 aromatic carbocycles. The maximum Gasteiger partial charge on any atom is 0.254 e. The number of nitrogens with zero attached hydrogens (tertiary/aromatic N) is 2. The molecule has 182 valence electrons. The van der Waals surface area contributed by atoms with Crippen molar-refractivity contribution in [1.29, 1.82) is 0 Å². The van der Waals surface area contributed by atoms with Crippen LogP contribution in [0.3, 0.4) is 0 Å². The number of hydrogen-bond acceptors (Lipinski definition) is 4. The van der Waals surface area contributed by atoms with Crippen molar-refractivity contribution in [3.8, 4) is 5.75 Å². The van der Waals surface area contributed by atoms with Crippen LogP contribution in [-0.2, 0) is 9.53 Å². The molecule has 1 unspecified atom stereocenters. The first-order valence-electron chi connectivity index (χ1n) is 11.3. The van der Waals surface area contributed by atoms with Gasteiger partial charge in [-0.15, -0.1) is 0 Å². The lowest BCUT2D eigenvalue weighted by atomic mass is 9.77. The number of benzene rings is 2. The number of amides is 2. The van der Waals surface area contributed by atoms with E-state index in [2.05, 4.69) is 0 Å². The van der Waals surface area contributed by atoms with Crippen molar-refractivity contribution in [2.24, 2.45) is 5.41 Å². The molecule has 2 aromatic rings. The summed E-state index contributed by atoms with van der Waals surface area (Å²) in [7, 11) is 0. The van der Waals surface area contributed by atoms with Crippen LogP contribution >= 0.6 is 0 Å². The molecule has 4 rings (SSSR count). The maximum absolute atomic E-state index is 13.7. The van der Waals surface area contributed by atoms with Gasteiger partial charge in [-0.05, 0) is 49.2 Å². The quantitative estimate of drug-likeness (QED) is 0.639. The summed E-state index contributed by atoms with van der Waals surface area (Å²) in [5.74, 6) is -2.14. The third-order valence-corrected chi connectivity index (χ3v) is 6.31. The van der Waals surface area contributed by atoms with Crippen LogP contribution in [0.4, 0.5) is 13.2 Å². The fourth-order valence-electron chi connectivity index (χ4n) is 4.57. The van der Waals surface area contributed by atoms with E-state index >= 15 is 0 Å². The van der Waals surface area contributed by atoms with E-state index in [1.165, 1.54) is 29.2 Å². The van der Waals surface area contributed by atoms with E-state index in [-0.39, 0.29) is 36.9 Å². The van der Waals surface area contributed by atoms with Crippen molar-refractivity contribution >= 4 is 11.8 Å². The lowest BCUT2D eigenvalue weighted by Gasteiger charge is -2.43. The number of morpholine rings is 1. The second-order valence-corrected chi connectivity index (χ2v) is 8.90. The van der Waals surface area contributed by atoms with Crippen molar-refractivity contribution < 1.29 is 32.2 Å². The number of carbonyl (C=O) groups is 2. The van der Waals surface area contributed by atoms with Gasteiger partial charge in [0.25, 0.3) is 5.91 Å². The Morgan fingerprint density at radius 1 is 0.912 bits per heavy atom. The van der Waals surface area contributed by atoms with E-state index in [1.807, 2.05) is 0 Å². The van der Waals surface area contributed by atoms with Crippen molar-refractivity contribution in [2.45, 2.75) is 19.3 Å². The van der Waals surface area contributed by atoms with Gasteiger partial charge in [0.05, 0.1) is 19.8 Å². The smallest absolute Gasteiger partial charge is 0.254 e. The van der Waals surface area contributed by atoms with E-state index in [4.69, 9.17) is 9.47 Å². The summed E-state index contributed by atoms with van der Waals surface area (Å²) in [5, 5.41) is 0. The van der Waals surface area contributed by atoms with E-state index < -0.39 is 23.0 Å². The summed E-state index contributed by atoms with van der Waals surface area (Å²) in [6.07, 6.45) is 1.38. The number of ether oxygens (including phenoxy) is 2. The van der Waals surface area contributed by atoms with Crippen LogP contribution in [0.25, 0.3) is 0 Å². The molecule has 0 bridgehead atoms. The first-order chi connectivity index (χ1) is 16.3. The highest BCUT2D eigenvalue weighted by Gasteiger charge is 2.41. The van der Waals surface area contributed by atoms with Crippen molar-refractivity contribution in [3.63, 3.8) is 0 Å². The molecule has 2 saturated heterocycles. The number of likely N-dealkylation sites (tertiary alicyclic amines) is 1. The molecule has 34 heavy (non-hydrogen) atoms. The van der Waals surface area contributed by atoms with Gasteiger partial charge in [0.1, 0.15) is 23.2 Å². The van der Waals surface area contributed by atoms with E-state index in [0.717, 1.165) is 18.2 Å². The van der Waals surface area contributed by atoms with Crippen molar-refractivity contribution in [2.75, 3.05) is 46.0 Å². The van der Waals surface area contributed by atoms with Crippen LogP contribution in [0.5, 0.6) is 5.75 Å². The minimum Gasteiger partial charge on any atom is -0.493 e. The summed E-state index contributed by atoms with van der Waals surface area (Å²) in [6, 6.07) is 8.33. The first kappa shape index (κ1) is 24.1. The summed E-state index contributed by atoms with van der Waals surface area (Å²) in [4.78, 5) is 29.5. The third kappa shape index (κ3) is 5.88. The molecule has 2 aliphatic rings. The number of hydrogen-bond donors (Lipinski definition) is 0. The minimum atomic E-state index is -0.825. The molecule has 0 radical (unpaired) electrons. The zero-order valence-corrected chi connectivity index (χ0v) is 18.8. The highest BCUT2D eigenvalue weighted by atomic mass is 19.1. The molecule has 2 aliphatic heterocycles. The van der Waals surface area contributed by atoms with E-state index in [9.17, 15) is 22.8 Å². The molecular formula is C25H27F3N2O4. The minimum absolute atomic E-state index is 0.0582. The van der Waals surface area contributed by atoms with Crippen molar-refractivity contribution in [1.82, 2.24) is 9.80 Å². The predicted octanol–water partition coefficient (Wildman–Crippen LogP) is 3.65. The zero-order valence-electron chi connectivity index (χ0n) is 18.8. The molecular weight excluding hydrogens is 449 g/mol. The van der Waals surface area contributed by atoms with Crippen LogP contribution < -0.4 is 4.74 Å². The molecule has 0 saturated carbocycles. The van der Waals surface area contributed by atoms with E-state index in [0.29, 0.717) is 51.4 Å². The van der Waals surface area contributed by atoms with Gasteiger partial charge < -0.3 is 19.3 Å². The van der Waals surface area contributed by atoms with Gasteiger partial charge in [-0.1, -0.05) is 0 Å². The Morgan fingerprint density at radius 2 is 1.59 bits per heavy atom. The number of rotatable bonds is 6. The fourth-order valence-corrected chi connectivity index (χ4v) is 4.57. The Balaban J connectivity index is 1.54. The van der Waals surface area contributed by atoms with Gasteiger partial charge in [-0.25, -0.2) is 13.2 Å². The normalized spacial score (nSPS) is 20.8. The van der Waals surface area contributed by atoms with Crippen LogP contribution in [0.15, 0.2) is 42.5 Å². The molecule has 6 nitrogen and oxygen atoms in total. The lowest BCUT2D eigenvalue weighted by Crippen LogP contribution is -2.52. The zero-order chi connectivity index (χ0) is 24.1. The van der Waals surface area contributed by atoms with Crippen LogP contribution in [-0.4, -0.2) is 67.6 Å². The van der Waals surface area contributed by atoms with Gasteiger partial charge in [0.15, 0.2) is 0 Å². The Bertz CT molecular complexity index is 1010. The largest absolute Gasteiger partial charge is 0.493 e. The van der Waals surface area contributed by atoms with Crippen molar-refractivity contribution in [3.05, 3.63) is 65.5 Å². The molecule has 2 fully saturated rings. The average Bonchev–Trinajstić information content (AvgIpc) is 2.83. The lowest BCUT2D eigenvalue weighted by molar-refractivity contribution is -0.139. The fraction of sp³-hybridized carbons (Fsp3) is 0.440. The standard InChI is InChI=1S/C25H27F3N2O4/c26-19-2-4-22(5-3-19)34-17-25(15-23(31)29-8-10-33-11-9-29)6-1-7-30(16-25)24(32)18-12-20(27)14-21(28)13-18/h2-5,12-14H,1,6-11,15-17H2. The summed E-state index contributed by atoms with van der Waals surface area (Å²) >= 11 is 0. The Hall–Kier alpha value is -3.07. The highest BCUT2D eigenvalue weighted by molar-refractivity contribution is 5.94. The summed E-state index contributed by atoms with van der Waals surface area (Å²) < 4.78 is 52.0. The van der Waals surface area contributed by atoms with E-state index in [1.54, 1.807) is 4.90 Å². The second kappa shape index (κ2) is 10.5. The molecule has 2 amide bonds. The molecule has 0 N–H and O–H groups in total. The topological polar surface area (TPSA) is 59.1 Å². The van der Waals surface area contributed by atoms with Crippen LogP contribution in [0.1, 0.15) is 29.6 Å². The first-order valence-corrected chi connectivity index (χ1v) is 11.3. The average molecular weight is 476 g/mol. The Morgan fingerprint density at radius 3 is 2.26 bits per heavy atom. The number of piperidine rings is 1. The molecule has 0 aliphatic carbocycles. The molecule has 0 spiro atoms. The molecule has 9 heteroatoms. The molecule has 1 atom stereocenters. The molecule has 2 heterocycles. The maximum atomic E-state index is 13.7. The third-order valence-electron chi connectivity index (χ3n) is 6.31. The Kier molecular flexibility index (Phi) is 7.41. The van der Waals surface area contributed by atoms with Gasteiger partial charge in [-0.2, -0.15) is 0 Å². The van der Waals surface area contributed by atoms with Gasteiger partial charge in [-0.3, -0.25) is 9.59 Å². The highest BCUT2D eigenvalue weighted by Crippen LogP contribution is 2.36. The monoisotopic (exact) mass is 476 g/mol. The summed E-state index contributed by atoms with van der Waals surface area (Å²) in [5.41, 5.74) is -0.781. The number of carbonyl (C=O) groups excluding carboxylic acids is 2. The predicted molar refractivity (Wildman–Crippen MR) is 118 cm³/mol. The second-order valence-electron chi connectivity index (χ2n) is 8.90. The van der Waals surface area contributed by atoms with Crippen LogP contribution in [0.2, 0.25) is 0 Å². The Labute approximate surface area is 196 Å². The van der Waals surface area contributed by atoms with Gasteiger partial charge >= 0.3 is 0 Å². The molecule has 0 aromatic heterocycles. The summed E-state index contributed by atoms with van der Waals surface area (Å²) in [6.45, 7) is 2.68. The number of halogens is 3. The van der Waals surface area contributed by atoms with Crippen LogP contribution in [0, 0.1) is 22.9 Å². The SMILES string of the molecule is O=C(CC1(COc2ccc(F)cc2)CCCN(C(=O)c2cc(F)cc(F)c2)C1)N1CCOCC1. The van der Waals surface area contributed by atoms with Gasteiger partial charge in [0.2, 0.25) is 5.91 Å². The van der Waals surface area contributed by atoms with Gasteiger partial charge in [0, 0.05) is 49.6 Å².